The van der Waals surface area contributed by atoms with Crippen molar-refractivity contribution in [3.8, 4) is 0 Å². The number of imidazole rings is 1. The molecule has 1 fully saturated rings. The molecular formula is C14H20N4O. The Hall–Kier alpha value is -1.43. The molecular weight excluding hydrogens is 240 g/mol. The number of ether oxygens (including phenoxy) is 1. The second kappa shape index (κ2) is 5.28. The number of likely N-dealkylation sites (N-methyl/N-ethyl adjacent to an activating group) is 2. The molecule has 0 bridgehead atoms. The van der Waals surface area contributed by atoms with Crippen LogP contribution in [0.2, 0.25) is 0 Å². The fourth-order valence-corrected chi connectivity index (χ4v) is 2.75. The van der Waals surface area contributed by atoms with Gasteiger partial charge in [-0.3, -0.25) is 4.90 Å². The Bertz CT molecular complexity index is 518. The van der Waals surface area contributed by atoms with Crippen LogP contribution in [0.5, 0.6) is 0 Å². The van der Waals surface area contributed by atoms with Gasteiger partial charge < -0.3 is 14.5 Å². The molecule has 2 atom stereocenters. The summed E-state index contributed by atoms with van der Waals surface area (Å²) in [7, 11) is 4.10. The van der Waals surface area contributed by atoms with Crippen LogP contribution in [0.25, 0.3) is 5.65 Å². The molecule has 0 amide bonds. The first-order valence-corrected chi connectivity index (χ1v) is 6.69. The van der Waals surface area contributed by atoms with E-state index in [4.69, 9.17) is 9.72 Å². The highest BCUT2D eigenvalue weighted by Gasteiger charge is 2.32. The van der Waals surface area contributed by atoms with Crippen molar-refractivity contribution in [2.75, 3.05) is 33.8 Å². The van der Waals surface area contributed by atoms with Gasteiger partial charge in [0.25, 0.3) is 0 Å². The summed E-state index contributed by atoms with van der Waals surface area (Å²) in [5, 5.41) is 3.21. The highest BCUT2D eigenvalue weighted by atomic mass is 16.5. The summed E-state index contributed by atoms with van der Waals surface area (Å²) < 4.78 is 7.96. The SMILES string of the molecule is CNCC1OCCN(C)C1c1cn2ccccc2n1. The van der Waals surface area contributed by atoms with Crippen LogP contribution in [-0.2, 0) is 4.74 Å². The molecule has 1 aliphatic rings. The molecule has 3 rings (SSSR count). The lowest BCUT2D eigenvalue weighted by molar-refractivity contribution is -0.0618. The monoisotopic (exact) mass is 260 g/mol. The highest BCUT2D eigenvalue weighted by Crippen LogP contribution is 2.27. The van der Waals surface area contributed by atoms with Crippen molar-refractivity contribution < 1.29 is 4.74 Å². The van der Waals surface area contributed by atoms with Crippen molar-refractivity contribution in [2.24, 2.45) is 0 Å². The fourth-order valence-electron chi connectivity index (χ4n) is 2.75. The lowest BCUT2D eigenvalue weighted by atomic mass is 10.0. The molecule has 1 N–H and O–H groups in total. The second-order valence-corrected chi connectivity index (χ2v) is 5.02. The quantitative estimate of drug-likeness (QED) is 0.891. The van der Waals surface area contributed by atoms with Gasteiger partial charge in [-0.15, -0.1) is 0 Å². The van der Waals surface area contributed by atoms with Gasteiger partial charge in [0.2, 0.25) is 0 Å². The van der Waals surface area contributed by atoms with Crippen LogP contribution in [-0.4, -0.2) is 54.2 Å². The molecule has 0 saturated carbocycles. The van der Waals surface area contributed by atoms with E-state index in [0.29, 0.717) is 0 Å². The predicted molar refractivity (Wildman–Crippen MR) is 74.2 cm³/mol. The van der Waals surface area contributed by atoms with Crippen LogP contribution in [0.15, 0.2) is 30.6 Å². The zero-order chi connectivity index (χ0) is 13.2. The van der Waals surface area contributed by atoms with E-state index in [1.807, 2.05) is 31.4 Å². The van der Waals surface area contributed by atoms with Crippen LogP contribution in [0.3, 0.4) is 0 Å². The number of fused-ring (bicyclic) bond motifs is 1. The van der Waals surface area contributed by atoms with Crippen molar-refractivity contribution in [1.82, 2.24) is 19.6 Å². The number of hydrogen-bond donors (Lipinski definition) is 1. The minimum absolute atomic E-state index is 0.147. The third-order valence-corrected chi connectivity index (χ3v) is 3.69. The maximum atomic E-state index is 5.90. The van der Waals surface area contributed by atoms with E-state index < -0.39 is 0 Å². The summed E-state index contributed by atoms with van der Waals surface area (Å²) in [6.07, 6.45) is 4.28. The van der Waals surface area contributed by atoms with Crippen LogP contribution < -0.4 is 5.32 Å². The minimum atomic E-state index is 0.147. The van der Waals surface area contributed by atoms with Crippen LogP contribution >= 0.6 is 0 Å². The summed E-state index contributed by atoms with van der Waals surface area (Å²) in [5.74, 6) is 0. The number of hydrogen-bond acceptors (Lipinski definition) is 4. The van der Waals surface area contributed by atoms with Crippen LogP contribution in [0.1, 0.15) is 11.7 Å². The summed E-state index contributed by atoms with van der Waals surface area (Å²) in [5.41, 5.74) is 2.06. The van der Waals surface area contributed by atoms with Crippen LogP contribution in [0, 0.1) is 0 Å². The molecule has 3 heterocycles. The predicted octanol–water partition coefficient (Wildman–Crippen LogP) is 0.925. The minimum Gasteiger partial charge on any atom is -0.374 e. The normalized spacial score (nSPS) is 24.9. The Balaban J connectivity index is 1.96. The Kier molecular flexibility index (Phi) is 3.50. The van der Waals surface area contributed by atoms with Gasteiger partial charge in [-0.2, -0.15) is 0 Å². The standard InChI is InChI=1S/C14H20N4O/c1-15-9-12-14(17(2)7-8-19-12)11-10-18-6-4-3-5-13(18)16-11/h3-6,10,12,14-15H,7-9H2,1-2H3. The Morgan fingerprint density at radius 1 is 1.47 bits per heavy atom. The molecule has 5 nitrogen and oxygen atoms in total. The molecule has 2 aromatic heterocycles. The number of morpholine rings is 1. The molecule has 2 unspecified atom stereocenters. The molecule has 0 aromatic carbocycles. The topological polar surface area (TPSA) is 41.8 Å². The second-order valence-electron chi connectivity index (χ2n) is 5.02. The summed E-state index contributed by atoms with van der Waals surface area (Å²) in [6, 6.07) is 6.27. The number of aromatic nitrogens is 2. The summed E-state index contributed by atoms with van der Waals surface area (Å²) >= 11 is 0. The van der Waals surface area contributed by atoms with Gasteiger partial charge in [0.1, 0.15) is 5.65 Å². The first-order valence-electron chi connectivity index (χ1n) is 6.69. The van der Waals surface area contributed by atoms with Gasteiger partial charge in [0, 0.05) is 25.5 Å². The van der Waals surface area contributed by atoms with E-state index in [2.05, 4.69) is 27.9 Å². The molecule has 2 aromatic rings. The van der Waals surface area contributed by atoms with Crippen molar-refractivity contribution >= 4 is 5.65 Å². The van der Waals surface area contributed by atoms with E-state index in [1.165, 1.54) is 0 Å². The first kappa shape index (κ1) is 12.6. The Labute approximate surface area is 113 Å². The average Bonchev–Trinajstić information content (AvgIpc) is 2.82. The van der Waals surface area contributed by atoms with E-state index in [0.717, 1.165) is 31.0 Å². The molecule has 1 saturated heterocycles. The highest BCUT2D eigenvalue weighted by molar-refractivity contribution is 5.40. The summed E-state index contributed by atoms with van der Waals surface area (Å²) in [4.78, 5) is 7.06. The first-order chi connectivity index (χ1) is 9.29. The molecule has 0 aliphatic carbocycles. The van der Waals surface area contributed by atoms with Gasteiger partial charge in [0.05, 0.1) is 24.4 Å². The van der Waals surface area contributed by atoms with Crippen molar-refractivity contribution in [2.45, 2.75) is 12.1 Å². The van der Waals surface area contributed by atoms with Gasteiger partial charge in [-0.1, -0.05) is 6.07 Å². The zero-order valence-corrected chi connectivity index (χ0v) is 11.4. The van der Waals surface area contributed by atoms with Crippen LogP contribution in [0.4, 0.5) is 0 Å². The fraction of sp³-hybridized carbons (Fsp3) is 0.500. The maximum Gasteiger partial charge on any atom is 0.137 e. The molecule has 0 radical (unpaired) electrons. The smallest absolute Gasteiger partial charge is 0.137 e. The number of nitrogens with one attached hydrogen (secondary N) is 1. The van der Waals surface area contributed by atoms with E-state index in [-0.39, 0.29) is 12.1 Å². The largest absolute Gasteiger partial charge is 0.374 e. The van der Waals surface area contributed by atoms with Crippen molar-refractivity contribution in [3.63, 3.8) is 0 Å². The lowest BCUT2D eigenvalue weighted by Crippen LogP contribution is -2.47. The van der Waals surface area contributed by atoms with E-state index in [9.17, 15) is 0 Å². The average molecular weight is 260 g/mol. The Morgan fingerprint density at radius 3 is 3.16 bits per heavy atom. The van der Waals surface area contributed by atoms with Gasteiger partial charge >= 0.3 is 0 Å². The lowest BCUT2D eigenvalue weighted by Gasteiger charge is -2.38. The van der Waals surface area contributed by atoms with Gasteiger partial charge in [-0.05, 0) is 26.2 Å². The van der Waals surface area contributed by atoms with E-state index in [1.54, 1.807) is 0 Å². The number of pyridine rings is 1. The number of nitrogens with zero attached hydrogens (tertiary/aromatic N) is 3. The molecule has 1 aliphatic heterocycles. The van der Waals surface area contributed by atoms with Gasteiger partial charge in [0.15, 0.2) is 0 Å². The summed E-state index contributed by atoms with van der Waals surface area (Å²) in [6.45, 7) is 2.56. The van der Waals surface area contributed by atoms with Crippen molar-refractivity contribution in [1.29, 1.82) is 0 Å². The van der Waals surface area contributed by atoms with E-state index >= 15 is 0 Å². The molecule has 102 valence electrons. The Morgan fingerprint density at radius 2 is 2.37 bits per heavy atom. The molecule has 19 heavy (non-hydrogen) atoms. The van der Waals surface area contributed by atoms with Crippen molar-refractivity contribution in [3.05, 3.63) is 36.3 Å². The molecule has 5 heteroatoms. The zero-order valence-electron chi connectivity index (χ0n) is 11.4. The van der Waals surface area contributed by atoms with Gasteiger partial charge in [-0.25, -0.2) is 4.98 Å². The molecule has 0 spiro atoms. The third kappa shape index (κ3) is 2.36. The third-order valence-electron chi connectivity index (χ3n) is 3.69. The maximum absolute atomic E-state index is 5.90. The number of rotatable bonds is 3.